The van der Waals surface area contributed by atoms with E-state index < -0.39 is 24.4 Å². The second-order valence-electron chi connectivity index (χ2n) is 6.20. The van der Waals surface area contributed by atoms with Gasteiger partial charge >= 0.3 is 6.18 Å². The molecule has 2 aromatic rings. The van der Waals surface area contributed by atoms with Gasteiger partial charge in [0.15, 0.2) is 0 Å². The largest absolute Gasteiger partial charge is 0.398 e. The second kappa shape index (κ2) is 6.78. The van der Waals surface area contributed by atoms with Gasteiger partial charge in [0.2, 0.25) is 5.91 Å². The maximum Gasteiger partial charge on any atom is 0.396 e. The molecule has 25 heavy (non-hydrogen) atoms. The third kappa shape index (κ3) is 3.62. The molecule has 2 N–H and O–H groups in total. The molecule has 0 radical (unpaired) electrons. The van der Waals surface area contributed by atoms with Crippen LogP contribution in [0.15, 0.2) is 48.5 Å². The lowest BCUT2D eigenvalue weighted by atomic mass is 9.93. The third-order valence-electron chi connectivity index (χ3n) is 4.56. The molecule has 0 aliphatic carbocycles. The number of carbonyl (C=O) groups is 1. The monoisotopic (exact) mass is 348 g/mol. The molecule has 3 rings (SSSR count). The van der Waals surface area contributed by atoms with E-state index >= 15 is 0 Å². The van der Waals surface area contributed by atoms with Crippen molar-refractivity contribution in [1.29, 1.82) is 0 Å². The van der Waals surface area contributed by atoms with E-state index in [9.17, 15) is 18.0 Å². The molecule has 1 unspecified atom stereocenters. The molecule has 6 heteroatoms. The number of rotatable bonds is 3. The van der Waals surface area contributed by atoms with Crippen molar-refractivity contribution in [2.75, 3.05) is 17.2 Å². The highest BCUT2D eigenvalue weighted by Crippen LogP contribution is 2.39. The number of nitrogens with zero attached hydrogens (tertiary/aromatic N) is 1. The Labute approximate surface area is 144 Å². The molecule has 0 spiro atoms. The predicted molar refractivity (Wildman–Crippen MR) is 91.4 cm³/mol. The Morgan fingerprint density at radius 3 is 2.52 bits per heavy atom. The van der Waals surface area contributed by atoms with Crippen LogP contribution in [-0.4, -0.2) is 18.6 Å². The van der Waals surface area contributed by atoms with E-state index in [1.54, 1.807) is 36.4 Å². The lowest BCUT2D eigenvalue weighted by Gasteiger charge is -2.32. The van der Waals surface area contributed by atoms with Crippen molar-refractivity contribution in [2.45, 2.75) is 31.4 Å². The van der Waals surface area contributed by atoms with Gasteiger partial charge in [0.05, 0.1) is 5.92 Å². The van der Waals surface area contributed by atoms with Gasteiger partial charge in [-0.2, -0.15) is 13.2 Å². The molecule has 0 saturated heterocycles. The van der Waals surface area contributed by atoms with E-state index in [2.05, 4.69) is 0 Å². The van der Waals surface area contributed by atoms with Gasteiger partial charge < -0.3 is 10.6 Å². The van der Waals surface area contributed by atoms with Crippen LogP contribution in [0, 0.1) is 0 Å². The number of hydrogen-bond donors (Lipinski definition) is 1. The normalized spacial score (nSPS) is 15.6. The van der Waals surface area contributed by atoms with E-state index in [0.29, 0.717) is 24.3 Å². The Morgan fingerprint density at radius 1 is 1.12 bits per heavy atom. The van der Waals surface area contributed by atoms with E-state index in [-0.39, 0.29) is 5.56 Å². The van der Waals surface area contributed by atoms with Gasteiger partial charge in [-0.15, -0.1) is 0 Å². The van der Waals surface area contributed by atoms with Crippen LogP contribution in [0.3, 0.4) is 0 Å². The third-order valence-corrected chi connectivity index (χ3v) is 4.56. The van der Waals surface area contributed by atoms with E-state index in [1.165, 1.54) is 17.0 Å². The summed E-state index contributed by atoms with van der Waals surface area (Å²) in [6, 6.07) is 12.8. The van der Waals surface area contributed by atoms with Crippen LogP contribution in [0.4, 0.5) is 24.5 Å². The van der Waals surface area contributed by atoms with Crippen molar-refractivity contribution in [2.24, 2.45) is 0 Å². The van der Waals surface area contributed by atoms with Crippen LogP contribution in [0.25, 0.3) is 0 Å². The Kier molecular flexibility index (Phi) is 4.70. The van der Waals surface area contributed by atoms with Gasteiger partial charge in [-0.25, -0.2) is 0 Å². The topological polar surface area (TPSA) is 46.3 Å². The van der Waals surface area contributed by atoms with Crippen LogP contribution in [-0.2, 0) is 11.2 Å². The van der Waals surface area contributed by atoms with Crippen molar-refractivity contribution >= 4 is 17.3 Å². The first-order valence-corrected chi connectivity index (χ1v) is 8.17. The van der Waals surface area contributed by atoms with Crippen molar-refractivity contribution in [1.82, 2.24) is 0 Å². The molecule has 1 aliphatic rings. The number of hydrogen-bond acceptors (Lipinski definition) is 2. The number of benzene rings is 2. The lowest BCUT2D eigenvalue weighted by molar-refractivity contribution is -0.156. The molecule has 1 heterocycles. The summed E-state index contributed by atoms with van der Waals surface area (Å²) in [7, 11) is 0. The molecule has 0 bridgehead atoms. The van der Waals surface area contributed by atoms with Gasteiger partial charge in [0.25, 0.3) is 0 Å². The summed E-state index contributed by atoms with van der Waals surface area (Å²) < 4.78 is 40.5. The molecular formula is C19H19F3N2O. The number of anilines is 2. The van der Waals surface area contributed by atoms with Gasteiger partial charge in [0.1, 0.15) is 0 Å². The highest BCUT2D eigenvalue weighted by Gasteiger charge is 2.43. The molecular weight excluding hydrogens is 329 g/mol. The Bertz CT molecular complexity index is 759. The number of amides is 1. The number of carbonyl (C=O) groups excluding carboxylic acids is 1. The molecule has 3 nitrogen and oxygen atoms in total. The molecule has 1 atom stereocenters. The lowest BCUT2D eigenvalue weighted by Crippen LogP contribution is -2.38. The zero-order chi connectivity index (χ0) is 18.0. The van der Waals surface area contributed by atoms with E-state index in [4.69, 9.17) is 5.73 Å². The van der Waals surface area contributed by atoms with Gasteiger partial charge in [-0.1, -0.05) is 36.4 Å². The van der Waals surface area contributed by atoms with Crippen LogP contribution >= 0.6 is 0 Å². The number of nitrogens with two attached hydrogens (primary N) is 1. The molecule has 0 saturated carbocycles. The average Bonchev–Trinajstić information content (AvgIpc) is 2.59. The van der Waals surface area contributed by atoms with Crippen LogP contribution < -0.4 is 10.6 Å². The zero-order valence-corrected chi connectivity index (χ0v) is 13.6. The van der Waals surface area contributed by atoms with Crippen molar-refractivity contribution in [3.05, 3.63) is 59.7 Å². The molecule has 0 fully saturated rings. The Morgan fingerprint density at radius 2 is 1.84 bits per heavy atom. The minimum atomic E-state index is -4.48. The summed E-state index contributed by atoms with van der Waals surface area (Å²) in [5, 5.41) is 0. The highest BCUT2D eigenvalue weighted by molar-refractivity contribution is 5.96. The van der Waals surface area contributed by atoms with E-state index in [0.717, 1.165) is 12.0 Å². The highest BCUT2D eigenvalue weighted by atomic mass is 19.4. The van der Waals surface area contributed by atoms with Crippen molar-refractivity contribution in [3.63, 3.8) is 0 Å². The summed E-state index contributed by atoms with van der Waals surface area (Å²) in [6.45, 7) is 0.411. The first kappa shape index (κ1) is 17.3. The zero-order valence-electron chi connectivity index (χ0n) is 13.6. The van der Waals surface area contributed by atoms with Gasteiger partial charge in [-0.05, 0) is 36.1 Å². The summed E-state index contributed by atoms with van der Waals surface area (Å²) in [5.41, 5.74) is 8.09. The predicted octanol–water partition coefficient (Wildman–Crippen LogP) is 4.28. The number of halogens is 3. The molecule has 0 aromatic heterocycles. The smallest absolute Gasteiger partial charge is 0.396 e. The van der Waals surface area contributed by atoms with Crippen molar-refractivity contribution < 1.29 is 18.0 Å². The fraction of sp³-hybridized carbons (Fsp3) is 0.316. The standard InChI is InChI=1S/C19H19F3N2O/c20-19(21,22)15(13-6-2-1-3-7-13)12-18(25)24-11-5-8-14-16(23)9-4-10-17(14)24/h1-4,6-7,9-10,15H,5,8,11-12,23H2. The number of fused-ring (bicyclic) bond motifs is 1. The van der Waals surface area contributed by atoms with Gasteiger partial charge in [0, 0.05) is 24.3 Å². The van der Waals surface area contributed by atoms with E-state index in [1.807, 2.05) is 0 Å². The quantitative estimate of drug-likeness (QED) is 0.842. The Balaban J connectivity index is 1.88. The summed E-state index contributed by atoms with van der Waals surface area (Å²) >= 11 is 0. The SMILES string of the molecule is Nc1cccc2c1CCCN2C(=O)CC(c1ccccc1)C(F)(F)F. The molecule has 1 aliphatic heterocycles. The summed E-state index contributed by atoms with van der Waals surface area (Å²) in [5.74, 6) is -2.34. The summed E-state index contributed by atoms with van der Waals surface area (Å²) in [6.07, 6.45) is -3.67. The first-order chi connectivity index (χ1) is 11.9. The first-order valence-electron chi connectivity index (χ1n) is 8.17. The maximum absolute atomic E-state index is 13.5. The maximum atomic E-state index is 13.5. The second-order valence-corrected chi connectivity index (χ2v) is 6.20. The number of alkyl halides is 3. The average molecular weight is 348 g/mol. The van der Waals surface area contributed by atoms with Crippen LogP contribution in [0.1, 0.15) is 29.9 Å². The summed E-state index contributed by atoms with van der Waals surface area (Å²) in [4.78, 5) is 14.1. The van der Waals surface area contributed by atoms with Crippen molar-refractivity contribution in [3.8, 4) is 0 Å². The van der Waals surface area contributed by atoms with Crippen LogP contribution in [0.5, 0.6) is 0 Å². The molecule has 2 aromatic carbocycles. The Hall–Kier alpha value is -2.50. The fourth-order valence-corrected chi connectivity index (χ4v) is 3.30. The minimum Gasteiger partial charge on any atom is -0.398 e. The van der Waals surface area contributed by atoms with Crippen LogP contribution in [0.2, 0.25) is 0 Å². The fourth-order valence-electron chi connectivity index (χ4n) is 3.30. The molecule has 132 valence electrons. The minimum absolute atomic E-state index is 0.105. The molecule has 1 amide bonds. The van der Waals surface area contributed by atoms with Gasteiger partial charge in [-0.3, -0.25) is 4.79 Å². The number of nitrogen functional groups attached to an aromatic ring is 1.